The minimum Gasteiger partial charge on any atom is -0.295 e. The van der Waals surface area contributed by atoms with Crippen LogP contribution in [0.4, 0.5) is 0 Å². The second kappa shape index (κ2) is 3.38. The van der Waals surface area contributed by atoms with E-state index >= 15 is 0 Å². The Morgan fingerprint density at radius 2 is 2.14 bits per heavy atom. The molecule has 0 radical (unpaired) electrons. The van der Waals surface area contributed by atoms with Crippen molar-refractivity contribution in [3.05, 3.63) is 23.3 Å². The van der Waals surface area contributed by atoms with Gasteiger partial charge in [0.2, 0.25) is 0 Å². The van der Waals surface area contributed by atoms with Crippen LogP contribution in [0.15, 0.2) is 23.3 Å². The van der Waals surface area contributed by atoms with E-state index in [4.69, 9.17) is 0 Å². The lowest BCUT2D eigenvalue weighted by Crippen LogP contribution is -2.29. The fourth-order valence-electron chi connectivity index (χ4n) is 2.78. The van der Waals surface area contributed by atoms with Gasteiger partial charge in [-0.2, -0.15) is 0 Å². The maximum Gasteiger partial charge on any atom is 0.156 e. The van der Waals surface area contributed by atoms with Crippen LogP contribution in [0.2, 0.25) is 0 Å². The molecule has 2 rings (SSSR count). The van der Waals surface area contributed by atoms with Crippen LogP contribution in [0.25, 0.3) is 0 Å². The van der Waals surface area contributed by atoms with Crippen LogP contribution in [-0.2, 0) is 4.79 Å². The van der Waals surface area contributed by atoms with E-state index in [0.717, 1.165) is 19.3 Å². The van der Waals surface area contributed by atoms with Crippen molar-refractivity contribution < 1.29 is 4.79 Å². The van der Waals surface area contributed by atoms with Crippen LogP contribution in [0, 0.1) is 5.41 Å². The van der Waals surface area contributed by atoms with E-state index in [-0.39, 0.29) is 0 Å². The predicted molar refractivity (Wildman–Crippen MR) is 58.0 cm³/mol. The van der Waals surface area contributed by atoms with Gasteiger partial charge in [0.05, 0.1) is 0 Å². The molecule has 2 aliphatic rings. The summed E-state index contributed by atoms with van der Waals surface area (Å²) in [5, 5.41) is 0. The minimum atomic E-state index is 0.300. The van der Waals surface area contributed by atoms with E-state index in [1.54, 1.807) is 0 Å². The molecule has 0 aromatic heterocycles. The van der Waals surface area contributed by atoms with Gasteiger partial charge >= 0.3 is 0 Å². The second-order valence-corrected chi connectivity index (χ2v) is 4.75. The zero-order valence-corrected chi connectivity index (χ0v) is 9.10. The van der Waals surface area contributed by atoms with E-state index < -0.39 is 0 Å². The fourth-order valence-corrected chi connectivity index (χ4v) is 2.78. The van der Waals surface area contributed by atoms with Crippen LogP contribution in [0.1, 0.15) is 46.0 Å². The summed E-state index contributed by atoms with van der Waals surface area (Å²) in [5.41, 5.74) is 3.04. The summed E-state index contributed by atoms with van der Waals surface area (Å²) in [7, 11) is 0. The molecule has 1 atom stereocenters. The number of hydrogen-bond donors (Lipinski definition) is 0. The highest BCUT2D eigenvalue weighted by Gasteiger charge is 2.36. The first-order valence-electron chi connectivity index (χ1n) is 5.56. The van der Waals surface area contributed by atoms with Crippen molar-refractivity contribution in [2.75, 3.05) is 0 Å². The smallest absolute Gasteiger partial charge is 0.156 e. The molecule has 1 unspecified atom stereocenters. The molecule has 1 nitrogen and oxygen atoms in total. The van der Waals surface area contributed by atoms with Crippen LogP contribution >= 0.6 is 0 Å². The highest BCUT2D eigenvalue weighted by atomic mass is 16.1. The number of carbonyl (C=O) groups is 1. The molecule has 0 N–H and O–H groups in total. The Morgan fingerprint density at radius 1 is 1.36 bits per heavy atom. The first-order valence-corrected chi connectivity index (χ1v) is 5.56. The molecule has 0 saturated heterocycles. The van der Waals surface area contributed by atoms with Crippen LogP contribution in [0.5, 0.6) is 0 Å². The molecule has 0 aliphatic heterocycles. The van der Waals surface area contributed by atoms with Crippen molar-refractivity contribution >= 4 is 5.78 Å². The molecule has 0 amide bonds. The van der Waals surface area contributed by atoms with Gasteiger partial charge in [-0.1, -0.05) is 13.0 Å². The standard InChI is InChI=1S/C13H18O/c1-3-10-5-4-7-13(2)8-6-11(14)9-12(10)13/h3,9H,4-8H2,1-2H3. The number of ketones is 1. The van der Waals surface area contributed by atoms with Gasteiger partial charge in [-0.3, -0.25) is 4.79 Å². The number of allylic oxidation sites excluding steroid dienone is 4. The summed E-state index contributed by atoms with van der Waals surface area (Å²) >= 11 is 0. The molecular formula is C13H18O. The second-order valence-electron chi connectivity index (χ2n) is 4.75. The lowest BCUT2D eigenvalue weighted by atomic mass is 9.64. The summed E-state index contributed by atoms with van der Waals surface area (Å²) in [6, 6.07) is 0. The van der Waals surface area contributed by atoms with Crippen LogP contribution in [-0.4, -0.2) is 5.78 Å². The molecule has 0 aromatic carbocycles. The third-order valence-corrected chi connectivity index (χ3v) is 3.75. The van der Waals surface area contributed by atoms with Gasteiger partial charge < -0.3 is 0 Å². The number of carbonyl (C=O) groups excluding carboxylic acids is 1. The third kappa shape index (κ3) is 1.45. The van der Waals surface area contributed by atoms with Crippen LogP contribution in [0.3, 0.4) is 0 Å². The summed E-state index contributed by atoms with van der Waals surface area (Å²) in [6.07, 6.45) is 9.57. The molecule has 1 saturated carbocycles. The van der Waals surface area contributed by atoms with Gasteiger partial charge in [0.15, 0.2) is 5.78 Å². The molecule has 0 heterocycles. The Morgan fingerprint density at radius 3 is 2.86 bits per heavy atom. The molecular weight excluding hydrogens is 172 g/mol. The van der Waals surface area contributed by atoms with Gasteiger partial charge in [-0.05, 0) is 55.2 Å². The molecule has 0 aromatic rings. The monoisotopic (exact) mass is 190 g/mol. The first-order chi connectivity index (χ1) is 6.65. The molecule has 2 aliphatic carbocycles. The minimum absolute atomic E-state index is 0.300. The van der Waals surface area contributed by atoms with E-state index in [1.165, 1.54) is 24.0 Å². The SMILES string of the molecule is CC=C1CCCC2(C)CCC(=O)C=C12. The summed E-state index contributed by atoms with van der Waals surface area (Å²) in [6.45, 7) is 4.40. The fraction of sp³-hybridized carbons (Fsp3) is 0.615. The van der Waals surface area contributed by atoms with Gasteiger partial charge in [0.1, 0.15) is 0 Å². The van der Waals surface area contributed by atoms with Crippen molar-refractivity contribution in [2.45, 2.75) is 46.0 Å². The largest absolute Gasteiger partial charge is 0.295 e. The Labute approximate surface area is 85.9 Å². The molecule has 1 fully saturated rings. The normalized spacial score (nSPS) is 35.4. The van der Waals surface area contributed by atoms with E-state index in [2.05, 4.69) is 19.9 Å². The van der Waals surface area contributed by atoms with E-state index in [9.17, 15) is 4.79 Å². The Bertz CT molecular complexity index is 322. The quantitative estimate of drug-likeness (QED) is 0.572. The number of hydrogen-bond acceptors (Lipinski definition) is 1. The van der Waals surface area contributed by atoms with Crippen LogP contribution < -0.4 is 0 Å². The molecule has 0 spiro atoms. The predicted octanol–water partition coefficient (Wildman–Crippen LogP) is 3.41. The Kier molecular flexibility index (Phi) is 2.34. The van der Waals surface area contributed by atoms with E-state index in [1.807, 2.05) is 6.08 Å². The molecule has 76 valence electrons. The average molecular weight is 190 g/mol. The molecule has 1 heteroatoms. The summed E-state index contributed by atoms with van der Waals surface area (Å²) < 4.78 is 0. The first kappa shape index (κ1) is 9.70. The number of fused-ring (bicyclic) bond motifs is 1. The highest BCUT2D eigenvalue weighted by Crippen LogP contribution is 2.48. The van der Waals surface area contributed by atoms with Gasteiger partial charge in [-0.15, -0.1) is 0 Å². The maximum atomic E-state index is 11.4. The molecule has 14 heavy (non-hydrogen) atoms. The number of rotatable bonds is 0. The average Bonchev–Trinajstić information content (AvgIpc) is 2.18. The Balaban J connectivity index is 2.43. The van der Waals surface area contributed by atoms with Crippen molar-refractivity contribution in [3.63, 3.8) is 0 Å². The lowest BCUT2D eigenvalue weighted by molar-refractivity contribution is -0.115. The van der Waals surface area contributed by atoms with Gasteiger partial charge in [-0.25, -0.2) is 0 Å². The van der Waals surface area contributed by atoms with Crippen molar-refractivity contribution in [1.82, 2.24) is 0 Å². The zero-order chi connectivity index (χ0) is 10.2. The van der Waals surface area contributed by atoms with Crippen molar-refractivity contribution in [1.29, 1.82) is 0 Å². The zero-order valence-electron chi connectivity index (χ0n) is 9.10. The van der Waals surface area contributed by atoms with Crippen molar-refractivity contribution in [2.24, 2.45) is 5.41 Å². The highest BCUT2D eigenvalue weighted by molar-refractivity contribution is 5.92. The maximum absolute atomic E-state index is 11.4. The molecule has 0 bridgehead atoms. The van der Waals surface area contributed by atoms with Crippen molar-refractivity contribution in [3.8, 4) is 0 Å². The summed E-state index contributed by atoms with van der Waals surface area (Å²) in [5.74, 6) is 0.318. The summed E-state index contributed by atoms with van der Waals surface area (Å²) in [4.78, 5) is 11.4. The van der Waals surface area contributed by atoms with Gasteiger partial charge in [0.25, 0.3) is 0 Å². The lowest BCUT2D eigenvalue weighted by Gasteiger charge is -2.40. The van der Waals surface area contributed by atoms with Gasteiger partial charge in [0, 0.05) is 6.42 Å². The topological polar surface area (TPSA) is 17.1 Å². The third-order valence-electron chi connectivity index (χ3n) is 3.75. The Hall–Kier alpha value is -0.850. The van der Waals surface area contributed by atoms with E-state index in [0.29, 0.717) is 11.2 Å².